The second-order valence-corrected chi connectivity index (χ2v) is 7.02. The summed E-state index contributed by atoms with van der Waals surface area (Å²) in [6.07, 6.45) is -0.113. The molecule has 124 valence electrons. The number of halogens is 2. The second-order valence-electron chi connectivity index (χ2n) is 5.70. The third-order valence-electron chi connectivity index (χ3n) is 3.97. The first kappa shape index (κ1) is 16.1. The lowest BCUT2D eigenvalue weighted by Gasteiger charge is -2.08. The van der Waals surface area contributed by atoms with Gasteiger partial charge in [0.25, 0.3) is 0 Å². The van der Waals surface area contributed by atoms with Crippen LogP contribution in [0.3, 0.4) is 0 Å². The maximum Gasteiger partial charge on any atom is 0.206 e. The predicted molar refractivity (Wildman–Crippen MR) is 103 cm³/mol. The van der Waals surface area contributed by atoms with Crippen LogP contribution >= 0.6 is 27.5 Å². The molecule has 2 heterocycles. The van der Waals surface area contributed by atoms with E-state index in [9.17, 15) is 4.79 Å². The zero-order valence-corrected chi connectivity index (χ0v) is 15.1. The van der Waals surface area contributed by atoms with Crippen molar-refractivity contribution in [3.63, 3.8) is 0 Å². The average molecular weight is 417 g/mol. The molecular formula is C18H11BrClN3O2. The minimum Gasteiger partial charge on any atom is -0.451 e. The third kappa shape index (κ3) is 2.67. The van der Waals surface area contributed by atoms with Crippen molar-refractivity contribution in [1.29, 1.82) is 5.41 Å². The van der Waals surface area contributed by atoms with Crippen LogP contribution in [0.1, 0.15) is 22.5 Å². The molecule has 3 N–H and O–H groups in total. The van der Waals surface area contributed by atoms with Crippen molar-refractivity contribution in [2.24, 2.45) is 4.99 Å². The minimum atomic E-state index is -0.286. The van der Waals surface area contributed by atoms with Gasteiger partial charge in [0.2, 0.25) is 5.78 Å². The lowest BCUT2D eigenvalue weighted by molar-refractivity contribution is 0.0978. The Balaban J connectivity index is 2.03. The number of ketones is 1. The molecule has 0 bridgehead atoms. The number of nitrogens with two attached hydrogens (primary N) is 1. The Morgan fingerprint density at radius 3 is 2.84 bits per heavy atom. The Morgan fingerprint density at radius 2 is 2.04 bits per heavy atom. The molecule has 4 rings (SSSR count). The molecule has 5 nitrogen and oxygen atoms in total. The van der Waals surface area contributed by atoms with Gasteiger partial charge in [-0.3, -0.25) is 4.79 Å². The number of nitrogens with one attached hydrogen (secondary N) is 1. The van der Waals surface area contributed by atoms with Gasteiger partial charge < -0.3 is 15.6 Å². The molecule has 0 radical (unpaired) electrons. The van der Waals surface area contributed by atoms with Crippen LogP contribution in [0.2, 0.25) is 5.02 Å². The molecule has 25 heavy (non-hydrogen) atoms. The Morgan fingerprint density at radius 1 is 1.24 bits per heavy atom. The maximum absolute atomic E-state index is 12.5. The van der Waals surface area contributed by atoms with Crippen molar-refractivity contribution in [2.45, 2.75) is 6.42 Å². The van der Waals surface area contributed by atoms with E-state index < -0.39 is 0 Å². The third-order valence-corrected chi connectivity index (χ3v) is 4.79. The van der Waals surface area contributed by atoms with E-state index >= 15 is 0 Å². The van der Waals surface area contributed by atoms with Gasteiger partial charge >= 0.3 is 0 Å². The number of nitrogens with zero attached hydrogens (tertiary/aromatic N) is 1. The van der Waals surface area contributed by atoms with E-state index in [1.54, 1.807) is 24.3 Å². The summed E-state index contributed by atoms with van der Waals surface area (Å²) in [6, 6.07) is 10.4. The fourth-order valence-electron chi connectivity index (χ4n) is 2.81. The average Bonchev–Trinajstić information content (AvgIpc) is 2.87. The standard InChI is InChI=1S/C18H11BrClN3O2/c19-8-1-4-15-11(5-8)17-18(25-15)14(24)7-13(22)16(23-17)10-6-9(21)2-3-12(10)20/h1-6,22H,7,21H2. The van der Waals surface area contributed by atoms with Gasteiger partial charge in [-0.2, -0.15) is 0 Å². The van der Waals surface area contributed by atoms with Crippen LogP contribution in [-0.2, 0) is 0 Å². The summed E-state index contributed by atoms with van der Waals surface area (Å²) in [4.78, 5) is 17.1. The van der Waals surface area contributed by atoms with Crippen molar-refractivity contribution in [3.8, 4) is 0 Å². The normalized spacial score (nSPS) is 14.4. The number of carbonyl (C=O) groups excluding carboxylic acids is 1. The van der Waals surface area contributed by atoms with Gasteiger partial charge in [0.1, 0.15) is 11.3 Å². The van der Waals surface area contributed by atoms with Crippen molar-refractivity contribution >= 4 is 67.1 Å². The highest BCUT2D eigenvalue weighted by atomic mass is 79.9. The first-order valence-corrected chi connectivity index (χ1v) is 8.58. The van der Waals surface area contributed by atoms with Crippen LogP contribution < -0.4 is 5.73 Å². The van der Waals surface area contributed by atoms with Crippen LogP contribution in [0.25, 0.3) is 11.0 Å². The number of benzene rings is 2. The zero-order valence-electron chi connectivity index (χ0n) is 12.8. The van der Waals surface area contributed by atoms with Gasteiger partial charge in [-0.15, -0.1) is 0 Å². The highest BCUT2D eigenvalue weighted by Crippen LogP contribution is 2.38. The fraction of sp³-hybridized carbons (Fsp3) is 0.0556. The van der Waals surface area contributed by atoms with Gasteiger partial charge in [-0.25, -0.2) is 4.99 Å². The molecule has 3 aromatic rings. The number of hydrogen-bond acceptors (Lipinski definition) is 5. The molecule has 1 aliphatic rings. The van der Waals surface area contributed by atoms with Crippen LogP contribution in [-0.4, -0.2) is 17.2 Å². The first-order chi connectivity index (χ1) is 11.9. The summed E-state index contributed by atoms with van der Waals surface area (Å²) in [5, 5.41) is 9.40. The number of carbonyl (C=O) groups is 1. The van der Waals surface area contributed by atoms with E-state index in [-0.39, 0.29) is 23.7 Å². The van der Waals surface area contributed by atoms with Crippen molar-refractivity contribution in [2.75, 3.05) is 5.73 Å². The molecule has 1 aliphatic heterocycles. The maximum atomic E-state index is 12.5. The second kappa shape index (κ2) is 5.82. The van der Waals surface area contributed by atoms with E-state index in [4.69, 9.17) is 27.2 Å². The summed E-state index contributed by atoms with van der Waals surface area (Å²) >= 11 is 9.70. The highest BCUT2D eigenvalue weighted by Gasteiger charge is 2.28. The lowest BCUT2D eigenvalue weighted by Crippen LogP contribution is -2.17. The Hall–Kier alpha value is -2.44. The minimum absolute atomic E-state index is 0.0760. The predicted octanol–water partition coefficient (Wildman–Crippen LogP) is 5.16. The summed E-state index contributed by atoms with van der Waals surface area (Å²) in [5.74, 6) is -0.126. The molecule has 2 aromatic carbocycles. The molecule has 1 aromatic heterocycles. The van der Waals surface area contributed by atoms with Gasteiger partial charge in [0.15, 0.2) is 5.76 Å². The smallest absolute Gasteiger partial charge is 0.206 e. The number of nitrogen functional groups attached to an aromatic ring is 1. The molecule has 0 saturated heterocycles. The summed E-state index contributed by atoms with van der Waals surface area (Å²) in [7, 11) is 0. The Labute approximate surface area is 156 Å². The number of aliphatic imine (C=N–C) groups is 1. The van der Waals surface area contributed by atoms with E-state index in [0.29, 0.717) is 38.6 Å². The van der Waals surface area contributed by atoms with Crippen LogP contribution in [0.4, 0.5) is 11.4 Å². The van der Waals surface area contributed by atoms with Crippen LogP contribution in [0.5, 0.6) is 0 Å². The molecule has 7 heteroatoms. The lowest BCUT2D eigenvalue weighted by atomic mass is 10.0. The number of anilines is 1. The Bertz CT molecular complexity index is 1100. The number of rotatable bonds is 1. The molecule has 0 atom stereocenters. The largest absolute Gasteiger partial charge is 0.451 e. The number of hydrogen-bond donors (Lipinski definition) is 2. The van der Waals surface area contributed by atoms with Gasteiger partial charge in [0.05, 0.1) is 22.9 Å². The molecule has 0 amide bonds. The summed E-state index contributed by atoms with van der Waals surface area (Å²) in [6.45, 7) is 0. The topological polar surface area (TPSA) is 92.4 Å². The zero-order chi connectivity index (χ0) is 17.7. The van der Waals surface area contributed by atoms with E-state index in [0.717, 1.165) is 4.47 Å². The molecule has 0 saturated carbocycles. The molecule has 0 fully saturated rings. The van der Waals surface area contributed by atoms with Gasteiger partial charge in [0, 0.05) is 21.1 Å². The monoisotopic (exact) mass is 415 g/mol. The summed E-state index contributed by atoms with van der Waals surface area (Å²) < 4.78 is 6.53. The van der Waals surface area contributed by atoms with Gasteiger partial charge in [-0.05, 0) is 36.4 Å². The highest BCUT2D eigenvalue weighted by molar-refractivity contribution is 9.10. The van der Waals surface area contributed by atoms with Crippen molar-refractivity contribution in [1.82, 2.24) is 0 Å². The van der Waals surface area contributed by atoms with Crippen LogP contribution in [0, 0.1) is 5.41 Å². The Kier molecular flexibility index (Phi) is 3.74. The van der Waals surface area contributed by atoms with Gasteiger partial charge in [-0.1, -0.05) is 27.5 Å². The quantitative estimate of drug-likeness (QED) is 0.537. The van der Waals surface area contributed by atoms with Crippen molar-refractivity contribution in [3.05, 3.63) is 57.2 Å². The molecule has 0 aliphatic carbocycles. The number of fused-ring (bicyclic) bond motifs is 3. The number of furan rings is 1. The van der Waals surface area contributed by atoms with E-state index in [1.165, 1.54) is 0 Å². The van der Waals surface area contributed by atoms with E-state index in [1.807, 2.05) is 12.1 Å². The van der Waals surface area contributed by atoms with Crippen LogP contribution in [0.15, 0.2) is 50.3 Å². The summed E-state index contributed by atoms with van der Waals surface area (Å²) in [5.41, 5.74) is 8.27. The molecular weight excluding hydrogens is 406 g/mol. The fourth-order valence-corrected chi connectivity index (χ4v) is 3.38. The van der Waals surface area contributed by atoms with Crippen molar-refractivity contribution < 1.29 is 9.21 Å². The van der Waals surface area contributed by atoms with E-state index in [2.05, 4.69) is 20.9 Å². The number of Topliss-reactive ketones (excluding diaryl/α,β-unsaturated/α-hetero) is 1. The first-order valence-electron chi connectivity index (χ1n) is 7.41. The molecule has 0 unspecified atom stereocenters. The molecule has 0 spiro atoms. The SMILES string of the molecule is N=C1CC(=O)c2oc3ccc(Br)cc3c2N=C1c1cc(N)ccc1Cl.